The molecule has 0 N–H and O–H groups in total. The maximum Gasteiger partial charge on any atom is 0.421 e. The lowest BCUT2D eigenvalue weighted by molar-refractivity contribution is -0.222. The van der Waals surface area contributed by atoms with Crippen molar-refractivity contribution in [3.05, 3.63) is 53.1 Å². The number of rotatable bonds is 10. The number of ether oxygens (including phenoxy) is 2. The third-order valence-corrected chi connectivity index (χ3v) is 8.95. The second-order valence-electron chi connectivity index (χ2n) is 12.0. The smallest absolute Gasteiger partial charge is 0.421 e. The van der Waals surface area contributed by atoms with E-state index in [2.05, 4.69) is 23.8 Å². The fourth-order valence-corrected chi connectivity index (χ4v) is 6.62. The highest BCUT2D eigenvalue weighted by atomic mass is 19.4. The molecule has 0 spiro atoms. The Labute approximate surface area is 238 Å². The van der Waals surface area contributed by atoms with Crippen LogP contribution >= 0.6 is 0 Å². The van der Waals surface area contributed by atoms with E-state index < -0.39 is 53.3 Å². The second-order valence-corrected chi connectivity index (χ2v) is 12.0. The van der Waals surface area contributed by atoms with Crippen LogP contribution in [-0.4, -0.2) is 25.0 Å². The largest absolute Gasteiger partial charge is 0.431 e. The molecule has 0 aromatic heterocycles. The zero-order valence-corrected chi connectivity index (χ0v) is 23.6. The van der Waals surface area contributed by atoms with Crippen LogP contribution in [0.15, 0.2) is 35.9 Å². The Morgan fingerprint density at radius 2 is 1.41 bits per heavy atom. The summed E-state index contributed by atoms with van der Waals surface area (Å²) in [5, 5.41) is 0. The third-order valence-electron chi connectivity index (χ3n) is 8.95. The normalized spacial score (nSPS) is 28.1. The zero-order chi connectivity index (χ0) is 29.6. The Balaban J connectivity index is 1.22. The van der Waals surface area contributed by atoms with Gasteiger partial charge >= 0.3 is 12.3 Å². The van der Waals surface area contributed by atoms with E-state index in [0.717, 1.165) is 24.8 Å². The predicted molar refractivity (Wildman–Crippen MR) is 144 cm³/mol. The molecule has 0 aliphatic heterocycles. The molecule has 230 valence electrons. The lowest BCUT2D eigenvalue weighted by Gasteiger charge is -2.29. The third kappa shape index (κ3) is 9.23. The molecule has 1 aromatic rings. The fraction of sp³-hybridized carbons (Fsp3) is 0.688. The minimum absolute atomic E-state index is 0.0958. The van der Waals surface area contributed by atoms with Crippen LogP contribution in [0.2, 0.25) is 0 Å². The van der Waals surface area contributed by atoms with E-state index in [-0.39, 0.29) is 25.4 Å². The first kappa shape index (κ1) is 31.9. The summed E-state index contributed by atoms with van der Waals surface area (Å²) in [5.41, 5.74) is -1.14. The van der Waals surface area contributed by atoms with Crippen molar-refractivity contribution >= 4 is 0 Å². The molecule has 0 amide bonds. The fourth-order valence-electron chi connectivity index (χ4n) is 6.62. The second kappa shape index (κ2) is 14.0. The molecule has 1 aromatic carbocycles. The summed E-state index contributed by atoms with van der Waals surface area (Å²) in [7, 11) is 0. The lowest BCUT2D eigenvalue weighted by atomic mass is 9.79. The van der Waals surface area contributed by atoms with Crippen LogP contribution in [0.1, 0.15) is 102 Å². The number of benzene rings is 1. The monoisotopic (exact) mass is 590 g/mol. The number of halogens is 7. The molecular formula is C32H41F7O2. The van der Waals surface area contributed by atoms with Gasteiger partial charge in [0.1, 0.15) is 17.4 Å². The molecule has 1 unspecified atom stereocenters. The first-order chi connectivity index (χ1) is 19.4. The molecule has 2 nitrogen and oxygen atoms in total. The average molecular weight is 591 g/mol. The van der Waals surface area contributed by atoms with Gasteiger partial charge in [0.05, 0.1) is 6.10 Å². The van der Waals surface area contributed by atoms with Gasteiger partial charge in [-0.15, -0.1) is 0 Å². The molecule has 4 rings (SSSR count). The van der Waals surface area contributed by atoms with Gasteiger partial charge in [-0.3, -0.25) is 0 Å². The number of hydrogen-bond donors (Lipinski definition) is 0. The number of hydrogen-bond acceptors (Lipinski definition) is 2. The average Bonchev–Trinajstić information content (AvgIpc) is 2.91. The zero-order valence-electron chi connectivity index (χ0n) is 23.6. The van der Waals surface area contributed by atoms with E-state index in [1.807, 2.05) is 0 Å². The van der Waals surface area contributed by atoms with Crippen molar-refractivity contribution in [1.29, 1.82) is 0 Å². The Hall–Kier alpha value is -2.03. The quantitative estimate of drug-likeness (QED) is 0.199. The van der Waals surface area contributed by atoms with E-state index >= 15 is 0 Å². The number of allylic oxidation sites excluding steroid dienone is 4. The summed E-state index contributed by atoms with van der Waals surface area (Å²) in [4.78, 5) is 0. The van der Waals surface area contributed by atoms with Gasteiger partial charge < -0.3 is 9.47 Å². The van der Waals surface area contributed by atoms with Crippen LogP contribution in [0.4, 0.5) is 30.7 Å². The van der Waals surface area contributed by atoms with Gasteiger partial charge in [-0.2, -0.15) is 22.0 Å². The van der Waals surface area contributed by atoms with Gasteiger partial charge in [0.25, 0.3) is 0 Å². The Bertz CT molecular complexity index is 1030. The van der Waals surface area contributed by atoms with Gasteiger partial charge in [0.2, 0.25) is 0 Å². The highest BCUT2D eigenvalue weighted by Crippen LogP contribution is 2.41. The SMILES string of the molecule is CCCC1CCC(/C=C/C2CCC(OCC(F)(F)Oc3cc(F)c(C4CC=C(C(F)(F)F)CC4)c(F)c3)CC2)CC1. The molecule has 1 atom stereocenters. The minimum atomic E-state index is -4.48. The van der Waals surface area contributed by atoms with Crippen molar-refractivity contribution in [2.45, 2.75) is 115 Å². The molecule has 41 heavy (non-hydrogen) atoms. The molecule has 3 aliphatic rings. The summed E-state index contributed by atoms with van der Waals surface area (Å²) in [6.07, 6.45) is 6.99. The molecule has 9 heteroatoms. The highest BCUT2D eigenvalue weighted by molar-refractivity contribution is 5.34. The summed E-state index contributed by atoms with van der Waals surface area (Å²) < 4.78 is 107. The highest BCUT2D eigenvalue weighted by Gasteiger charge is 2.38. The molecule has 2 saturated carbocycles. The molecular weight excluding hydrogens is 549 g/mol. The maximum absolute atomic E-state index is 14.7. The molecule has 3 aliphatic carbocycles. The number of alkyl halides is 5. The first-order valence-electron chi connectivity index (χ1n) is 15.1. The summed E-state index contributed by atoms with van der Waals surface area (Å²) in [5.74, 6) is -1.82. The molecule has 0 radical (unpaired) electrons. The van der Waals surface area contributed by atoms with Crippen molar-refractivity contribution in [3.63, 3.8) is 0 Å². The molecule has 0 heterocycles. The first-order valence-corrected chi connectivity index (χ1v) is 15.1. The van der Waals surface area contributed by atoms with Crippen LogP contribution in [0.3, 0.4) is 0 Å². The van der Waals surface area contributed by atoms with Crippen LogP contribution in [-0.2, 0) is 4.74 Å². The molecule has 0 saturated heterocycles. The standard InChI is InChI=1S/C32H41F7O2/c1-2-3-21-4-6-22(7-5-21)8-9-23-10-16-26(17-11-23)40-20-31(35,36)41-27-18-28(33)30(29(34)19-27)24-12-14-25(15-13-24)32(37,38)39/h8-9,14,18-19,21-24,26H,2-7,10-13,15-17,20H2,1H3/b9-8+. The Morgan fingerprint density at radius 1 is 0.829 bits per heavy atom. The molecule has 2 fully saturated rings. The van der Waals surface area contributed by atoms with E-state index in [1.165, 1.54) is 38.5 Å². The minimum Gasteiger partial charge on any atom is -0.431 e. The van der Waals surface area contributed by atoms with Crippen LogP contribution in [0, 0.1) is 29.4 Å². The van der Waals surface area contributed by atoms with Crippen molar-refractivity contribution in [2.75, 3.05) is 6.61 Å². The maximum atomic E-state index is 14.7. The summed E-state index contributed by atoms with van der Waals surface area (Å²) in [6, 6.07) is 1.31. The van der Waals surface area contributed by atoms with Crippen LogP contribution in [0.25, 0.3) is 0 Å². The van der Waals surface area contributed by atoms with E-state index in [9.17, 15) is 30.7 Å². The van der Waals surface area contributed by atoms with Gasteiger partial charge in [0.15, 0.2) is 6.61 Å². The van der Waals surface area contributed by atoms with Gasteiger partial charge in [-0.1, -0.05) is 38.0 Å². The van der Waals surface area contributed by atoms with E-state index in [4.69, 9.17) is 4.74 Å². The van der Waals surface area contributed by atoms with Crippen molar-refractivity contribution in [1.82, 2.24) is 0 Å². The molecule has 0 bridgehead atoms. The predicted octanol–water partition coefficient (Wildman–Crippen LogP) is 10.4. The topological polar surface area (TPSA) is 18.5 Å². The lowest BCUT2D eigenvalue weighted by Crippen LogP contribution is -2.34. The summed E-state index contributed by atoms with van der Waals surface area (Å²) >= 11 is 0. The Kier molecular flexibility index (Phi) is 10.9. The van der Waals surface area contributed by atoms with Crippen molar-refractivity contribution < 1.29 is 40.2 Å². The summed E-state index contributed by atoms with van der Waals surface area (Å²) in [6.45, 7) is 1.19. The van der Waals surface area contributed by atoms with Crippen LogP contribution < -0.4 is 4.74 Å². The van der Waals surface area contributed by atoms with E-state index in [0.29, 0.717) is 36.8 Å². The van der Waals surface area contributed by atoms with Gasteiger partial charge in [0, 0.05) is 23.3 Å². The van der Waals surface area contributed by atoms with Gasteiger partial charge in [-0.25, -0.2) is 8.78 Å². The van der Waals surface area contributed by atoms with Crippen molar-refractivity contribution in [3.8, 4) is 5.75 Å². The van der Waals surface area contributed by atoms with Crippen molar-refractivity contribution in [2.24, 2.45) is 17.8 Å². The van der Waals surface area contributed by atoms with Crippen LogP contribution in [0.5, 0.6) is 5.75 Å². The van der Waals surface area contributed by atoms with E-state index in [1.54, 1.807) is 0 Å². The Morgan fingerprint density at radius 3 is 1.93 bits per heavy atom. The van der Waals surface area contributed by atoms with Gasteiger partial charge in [-0.05, 0) is 94.3 Å².